The predicted octanol–water partition coefficient (Wildman–Crippen LogP) is 4.89. The van der Waals surface area contributed by atoms with Gasteiger partial charge < -0.3 is 0 Å². The molecule has 7 heteroatoms. The van der Waals surface area contributed by atoms with Crippen LogP contribution in [0.4, 0.5) is 0 Å². The molecule has 3 rings (SSSR count). The minimum Gasteiger partial charge on any atom is -0.299 e. The molecule has 152 valence electrons. The molecule has 0 bridgehead atoms. The number of nitrogens with zero attached hydrogens (tertiary/aromatic N) is 1. The predicted molar refractivity (Wildman–Crippen MR) is 116 cm³/mol. The van der Waals surface area contributed by atoms with Crippen molar-refractivity contribution in [3.8, 4) is 0 Å². The fourth-order valence-corrected chi connectivity index (χ4v) is 5.79. The Bertz CT molecular complexity index is 883. The van der Waals surface area contributed by atoms with Gasteiger partial charge in [0, 0.05) is 19.6 Å². The van der Waals surface area contributed by atoms with E-state index in [0.717, 1.165) is 51.7 Å². The monoisotopic (exact) mass is 440 g/mol. The van der Waals surface area contributed by atoms with E-state index in [2.05, 4.69) is 33.9 Å². The second kappa shape index (κ2) is 10.1. The normalized spacial score (nSPS) is 14.8. The first kappa shape index (κ1) is 21.6. The summed E-state index contributed by atoms with van der Waals surface area (Å²) in [6.45, 7) is 3.64. The van der Waals surface area contributed by atoms with Crippen molar-refractivity contribution in [3.05, 3.63) is 63.6 Å². The van der Waals surface area contributed by atoms with Crippen molar-refractivity contribution >= 4 is 33.2 Å². The Labute approximate surface area is 177 Å². The summed E-state index contributed by atoms with van der Waals surface area (Å²) in [4.78, 5) is 2.47. The zero-order valence-corrected chi connectivity index (χ0v) is 18.2. The maximum absolute atomic E-state index is 12.4. The molecular weight excluding hydrogens is 415 g/mol. The number of sulfonamides is 1. The van der Waals surface area contributed by atoms with E-state index in [1.807, 2.05) is 0 Å². The number of rotatable bonds is 9. The number of halogens is 2. The first-order valence-corrected chi connectivity index (χ1v) is 11.9. The third kappa shape index (κ3) is 5.71. The SMILES string of the molecule is O=S(=O)(NCCCCCCN1CCc2ccccc2C1)c1c(Cl)cccc1Cl. The van der Waals surface area contributed by atoms with Crippen LogP contribution in [0.25, 0.3) is 0 Å². The fourth-order valence-electron chi connectivity index (χ4n) is 3.58. The zero-order chi connectivity index (χ0) is 20.0. The highest BCUT2D eigenvalue weighted by molar-refractivity contribution is 7.89. The zero-order valence-electron chi connectivity index (χ0n) is 15.8. The summed E-state index contributed by atoms with van der Waals surface area (Å²) in [7, 11) is -3.68. The van der Waals surface area contributed by atoms with Crippen LogP contribution in [0.2, 0.25) is 10.0 Å². The Hall–Kier alpha value is -1.11. The second-order valence-corrected chi connectivity index (χ2v) is 9.68. The summed E-state index contributed by atoms with van der Waals surface area (Å²) in [5.74, 6) is 0. The highest BCUT2D eigenvalue weighted by Crippen LogP contribution is 2.28. The highest BCUT2D eigenvalue weighted by atomic mass is 35.5. The topological polar surface area (TPSA) is 49.4 Å². The van der Waals surface area contributed by atoms with E-state index in [9.17, 15) is 8.42 Å². The average molecular weight is 441 g/mol. The van der Waals surface area contributed by atoms with Gasteiger partial charge in [-0.1, -0.05) is 66.4 Å². The van der Waals surface area contributed by atoms with Gasteiger partial charge in [-0.05, 0) is 49.1 Å². The molecule has 4 nitrogen and oxygen atoms in total. The number of unbranched alkanes of at least 4 members (excludes halogenated alkanes) is 3. The molecule has 0 atom stereocenters. The quantitative estimate of drug-likeness (QED) is 0.564. The molecule has 0 fully saturated rings. The molecule has 28 heavy (non-hydrogen) atoms. The van der Waals surface area contributed by atoms with Crippen molar-refractivity contribution in [3.63, 3.8) is 0 Å². The molecule has 1 heterocycles. The van der Waals surface area contributed by atoms with Gasteiger partial charge in [-0.15, -0.1) is 0 Å². The molecule has 0 saturated heterocycles. The minimum atomic E-state index is -3.68. The van der Waals surface area contributed by atoms with Gasteiger partial charge in [-0.3, -0.25) is 4.90 Å². The Morgan fingerprint density at radius 3 is 2.32 bits per heavy atom. The van der Waals surface area contributed by atoms with Gasteiger partial charge >= 0.3 is 0 Å². The lowest BCUT2D eigenvalue weighted by Crippen LogP contribution is -2.31. The van der Waals surface area contributed by atoms with Crippen LogP contribution in [0.5, 0.6) is 0 Å². The number of fused-ring (bicyclic) bond motifs is 1. The largest absolute Gasteiger partial charge is 0.299 e. The number of benzene rings is 2. The smallest absolute Gasteiger partial charge is 0.243 e. The Morgan fingerprint density at radius 1 is 0.893 bits per heavy atom. The van der Waals surface area contributed by atoms with Crippen LogP contribution in [0.1, 0.15) is 36.8 Å². The summed E-state index contributed by atoms with van der Waals surface area (Å²) < 4.78 is 27.4. The minimum absolute atomic E-state index is 0.0382. The summed E-state index contributed by atoms with van der Waals surface area (Å²) in [5, 5.41) is 0.284. The summed E-state index contributed by atoms with van der Waals surface area (Å²) in [5.41, 5.74) is 2.92. The van der Waals surface area contributed by atoms with Crippen molar-refractivity contribution in [2.45, 2.75) is 43.5 Å². The first-order chi connectivity index (χ1) is 13.5. The van der Waals surface area contributed by atoms with E-state index in [1.165, 1.54) is 23.3 Å². The van der Waals surface area contributed by atoms with Gasteiger partial charge in [0.25, 0.3) is 0 Å². The van der Waals surface area contributed by atoms with Gasteiger partial charge in [0.15, 0.2) is 0 Å². The summed E-state index contributed by atoms with van der Waals surface area (Å²) in [6.07, 6.45) is 5.13. The lowest BCUT2D eigenvalue weighted by molar-refractivity contribution is 0.248. The van der Waals surface area contributed by atoms with Crippen LogP contribution in [-0.4, -0.2) is 33.0 Å². The van der Waals surface area contributed by atoms with Gasteiger partial charge in [0.05, 0.1) is 10.0 Å². The van der Waals surface area contributed by atoms with Gasteiger partial charge in [-0.2, -0.15) is 0 Å². The van der Waals surface area contributed by atoms with Crippen LogP contribution in [0, 0.1) is 0 Å². The van der Waals surface area contributed by atoms with Crippen LogP contribution < -0.4 is 4.72 Å². The maximum Gasteiger partial charge on any atom is 0.243 e. The first-order valence-electron chi connectivity index (χ1n) is 9.70. The van der Waals surface area contributed by atoms with Crippen LogP contribution >= 0.6 is 23.2 Å². The van der Waals surface area contributed by atoms with Crippen LogP contribution in [-0.2, 0) is 23.0 Å². The Kier molecular flexibility index (Phi) is 7.77. The van der Waals surface area contributed by atoms with E-state index in [4.69, 9.17) is 23.2 Å². The van der Waals surface area contributed by atoms with E-state index < -0.39 is 10.0 Å². The van der Waals surface area contributed by atoms with Crippen LogP contribution in [0.3, 0.4) is 0 Å². The molecule has 1 N–H and O–H groups in total. The summed E-state index contributed by atoms with van der Waals surface area (Å²) in [6, 6.07) is 13.4. The maximum atomic E-state index is 12.4. The van der Waals surface area contributed by atoms with Crippen molar-refractivity contribution in [2.24, 2.45) is 0 Å². The molecule has 0 radical (unpaired) electrons. The lowest BCUT2D eigenvalue weighted by Gasteiger charge is -2.28. The number of nitrogens with one attached hydrogen (secondary N) is 1. The molecule has 1 aliphatic heterocycles. The lowest BCUT2D eigenvalue weighted by atomic mass is 10.00. The Morgan fingerprint density at radius 2 is 1.57 bits per heavy atom. The second-order valence-electron chi connectivity index (χ2n) is 7.16. The molecule has 0 amide bonds. The van der Waals surface area contributed by atoms with E-state index in [1.54, 1.807) is 6.07 Å². The molecule has 2 aromatic rings. The summed E-state index contributed by atoms with van der Waals surface area (Å²) >= 11 is 12.0. The van der Waals surface area contributed by atoms with Crippen LogP contribution in [0.15, 0.2) is 47.4 Å². The van der Waals surface area contributed by atoms with E-state index in [0.29, 0.717) is 6.54 Å². The molecule has 0 aromatic heterocycles. The van der Waals surface area contributed by atoms with Gasteiger partial charge in [0.1, 0.15) is 4.90 Å². The van der Waals surface area contributed by atoms with Gasteiger partial charge in [-0.25, -0.2) is 13.1 Å². The molecule has 0 saturated carbocycles. The van der Waals surface area contributed by atoms with Crippen molar-refractivity contribution < 1.29 is 8.42 Å². The molecule has 0 unspecified atom stereocenters. The Balaban J connectivity index is 1.34. The van der Waals surface area contributed by atoms with Crippen molar-refractivity contribution in [1.82, 2.24) is 9.62 Å². The van der Waals surface area contributed by atoms with Gasteiger partial charge in [0.2, 0.25) is 10.0 Å². The van der Waals surface area contributed by atoms with E-state index >= 15 is 0 Å². The van der Waals surface area contributed by atoms with Crippen molar-refractivity contribution in [2.75, 3.05) is 19.6 Å². The average Bonchev–Trinajstić information content (AvgIpc) is 2.66. The molecule has 2 aromatic carbocycles. The third-order valence-corrected chi connectivity index (χ3v) is 7.51. The highest BCUT2D eigenvalue weighted by Gasteiger charge is 2.20. The molecule has 0 aliphatic carbocycles. The number of hydrogen-bond acceptors (Lipinski definition) is 3. The van der Waals surface area contributed by atoms with Crippen molar-refractivity contribution in [1.29, 1.82) is 0 Å². The molecular formula is C21H26Cl2N2O2S. The fraction of sp³-hybridized carbons (Fsp3) is 0.429. The standard InChI is InChI=1S/C21H26Cl2N2O2S/c22-19-10-7-11-20(23)21(19)28(26,27)24-13-5-1-2-6-14-25-15-12-17-8-3-4-9-18(17)16-25/h3-4,7-11,24H,1-2,5-6,12-16H2. The van der Waals surface area contributed by atoms with E-state index in [-0.39, 0.29) is 14.9 Å². The third-order valence-electron chi connectivity index (χ3n) is 5.09. The number of hydrogen-bond donors (Lipinski definition) is 1. The molecule has 0 spiro atoms. The molecule has 1 aliphatic rings.